The molecule has 0 bridgehead atoms. The zero-order chi connectivity index (χ0) is 20.8. The minimum Gasteiger partial charge on any atom is -0.484 e. The molecule has 1 N–H and O–H groups in total. The minimum atomic E-state index is -0.257. The number of benzene rings is 2. The molecule has 2 heterocycles. The van der Waals surface area contributed by atoms with E-state index in [2.05, 4.69) is 21.2 Å². The molecule has 1 saturated heterocycles. The first-order chi connectivity index (χ1) is 14.5. The summed E-state index contributed by atoms with van der Waals surface area (Å²) in [5.41, 5.74) is 3.42. The Kier molecular flexibility index (Phi) is 5.01. The molecular weight excluding hydrogens is 400 g/mol. The van der Waals surface area contributed by atoms with E-state index in [1.54, 1.807) is 0 Å². The zero-order valence-electron chi connectivity index (χ0n) is 17.1. The van der Waals surface area contributed by atoms with Crippen LogP contribution < -0.4 is 4.74 Å². The van der Waals surface area contributed by atoms with Crippen molar-refractivity contribution in [1.29, 1.82) is 0 Å². The fourth-order valence-corrected chi connectivity index (χ4v) is 4.93. The zero-order valence-corrected chi connectivity index (χ0v) is 17.9. The Morgan fingerprint density at radius 2 is 1.80 bits per heavy atom. The monoisotopic (exact) mass is 424 g/mol. The van der Waals surface area contributed by atoms with Crippen molar-refractivity contribution < 1.29 is 9.84 Å². The third kappa shape index (κ3) is 3.49. The van der Waals surface area contributed by atoms with Gasteiger partial charge in [-0.1, -0.05) is 17.7 Å². The van der Waals surface area contributed by atoms with E-state index >= 15 is 0 Å². The van der Waals surface area contributed by atoms with Crippen molar-refractivity contribution in [3.05, 3.63) is 70.3 Å². The maximum Gasteiger partial charge on any atom is 0.140 e. The van der Waals surface area contributed by atoms with Gasteiger partial charge in [0.15, 0.2) is 0 Å². The largest absolute Gasteiger partial charge is 0.484 e. The third-order valence-corrected chi connectivity index (χ3v) is 6.44. The molecule has 6 nitrogen and oxygen atoms in total. The van der Waals surface area contributed by atoms with Crippen LogP contribution >= 0.6 is 11.6 Å². The van der Waals surface area contributed by atoms with Crippen molar-refractivity contribution in [3.63, 3.8) is 0 Å². The second-order valence-electron chi connectivity index (χ2n) is 8.21. The number of aliphatic hydroxyl groups excluding tert-OH is 1. The Bertz CT molecular complexity index is 1050. The number of likely N-dealkylation sites (tertiary alicyclic amines) is 1. The van der Waals surface area contributed by atoms with Gasteiger partial charge in [-0.15, -0.1) is 10.2 Å². The van der Waals surface area contributed by atoms with Gasteiger partial charge in [0, 0.05) is 23.8 Å². The average molecular weight is 425 g/mol. The van der Waals surface area contributed by atoms with Gasteiger partial charge >= 0.3 is 0 Å². The van der Waals surface area contributed by atoms with Gasteiger partial charge in [0.25, 0.3) is 0 Å². The number of β-amino-alcohol motifs (C(OH)–C–C–N with tert-alkyl or cyclic N) is 1. The molecule has 1 aliphatic carbocycles. The van der Waals surface area contributed by atoms with Gasteiger partial charge in [-0.05, 0) is 74.2 Å². The lowest BCUT2D eigenvalue weighted by atomic mass is 10.1. The van der Waals surface area contributed by atoms with E-state index in [1.807, 2.05) is 54.8 Å². The van der Waals surface area contributed by atoms with Gasteiger partial charge in [0.05, 0.1) is 12.1 Å². The van der Waals surface area contributed by atoms with E-state index < -0.39 is 0 Å². The second-order valence-corrected chi connectivity index (χ2v) is 8.65. The summed E-state index contributed by atoms with van der Waals surface area (Å²) in [6, 6.07) is 14.3. The quantitative estimate of drug-likeness (QED) is 0.692. The Hall–Kier alpha value is -2.41. The van der Waals surface area contributed by atoms with Crippen molar-refractivity contribution in [3.8, 4) is 11.4 Å². The number of halogens is 1. The Balaban J connectivity index is 1.43. The van der Waals surface area contributed by atoms with Gasteiger partial charge in [0.1, 0.15) is 23.5 Å². The molecular formula is C23H25ClN4O2. The predicted octanol–water partition coefficient (Wildman–Crippen LogP) is 3.65. The molecule has 1 fully saturated rings. The number of rotatable bonds is 4. The summed E-state index contributed by atoms with van der Waals surface area (Å²) in [6.45, 7) is 5.47. The molecule has 5 rings (SSSR count). The lowest BCUT2D eigenvalue weighted by Crippen LogP contribution is -2.39. The fourth-order valence-electron chi connectivity index (χ4n) is 4.75. The van der Waals surface area contributed by atoms with E-state index in [0.29, 0.717) is 6.54 Å². The van der Waals surface area contributed by atoms with E-state index in [-0.39, 0.29) is 18.2 Å². The molecule has 3 aromatic rings. The number of nitrogens with zero attached hydrogens (tertiary/aromatic N) is 4. The first-order valence-electron chi connectivity index (χ1n) is 10.4. The van der Waals surface area contributed by atoms with Crippen LogP contribution in [-0.4, -0.2) is 50.0 Å². The molecule has 0 saturated carbocycles. The van der Waals surface area contributed by atoms with Gasteiger partial charge < -0.3 is 9.84 Å². The molecule has 0 spiro atoms. The molecule has 0 radical (unpaired) electrons. The van der Waals surface area contributed by atoms with Crippen molar-refractivity contribution in [2.75, 3.05) is 13.1 Å². The second kappa shape index (κ2) is 7.69. The van der Waals surface area contributed by atoms with Crippen molar-refractivity contribution >= 4 is 11.6 Å². The highest BCUT2D eigenvalue weighted by Gasteiger charge is 2.40. The lowest BCUT2D eigenvalue weighted by Gasteiger charge is -2.30. The normalized spacial score (nSPS) is 23.7. The van der Waals surface area contributed by atoms with Gasteiger partial charge in [-0.25, -0.2) is 0 Å². The molecule has 2 aromatic carbocycles. The smallest absolute Gasteiger partial charge is 0.140 e. The standard InChI is InChI=1S/C23H25ClN4O2/c1-14-25-26-15(2)28(14)18-5-7-20(8-6-18)30-23-21-12-17(24)4-3-16(21)11-22(23)27-10-9-19(29)13-27/h3-8,12,19,22-23,29H,9-11,13H2,1-2H3/t19-,22+,23+/m1/s1. The van der Waals surface area contributed by atoms with Crippen molar-refractivity contribution in [2.45, 2.75) is 44.9 Å². The number of aliphatic hydroxyl groups is 1. The summed E-state index contributed by atoms with van der Waals surface area (Å²) in [4.78, 5) is 2.35. The van der Waals surface area contributed by atoms with Crippen LogP contribution in [0.15, 0.2) is 42.5 Å². The maximum atomic E-state index is 10.0. The first kappa shape index (κ1) is 19.5. The van der Waals surface area contributed by atoms with Crippen LogP contribution in [0.4, 0.5) is 0 Å². The third-order valence-electron chi connectivity index (χ3n) is 6.20. The van der Waals surface area contributed by atoms with Crippen LogP contribution in [0, 0.1) is 13.8 Å². The number of aryl methyl sites for hydroxylation is 2. The molecule has 3 atom stereocenters. The van der Waals surface area contributed by atoms with Crippen molar-refractivity contribution in [2.24, 2.45) is 0 Å². The predicted molar refractivity (Wildman–Crippen MR) is 115 cm³/mol. The summed E-state index contributed by atoms with van der Waals surface area (Å²) in [5.74, 6) is 2.52. The molecule has 2 aliphatic rings. The summed E-state index contributed by atoms with van der Waals surface area (Å²) < 4.78 is 8.54. The molecule has 0 unspecified atom stereocenters. The SMILES string of the molecule is Cc1nnc(C)n1-c1ccc(O[C@H]2c3cc(Cl)ccc3C[C@@H]2N2CC[C@@H](O)C2)cc1. The van der Waals surface area contributed by atoms with E-state index in [4.69, 9.17) is 16.3 Å². The highest BCUT2D eigenvalue weighted by Crippen LogP contribution is 2.40. The van der Waals surface area contributed by atoms with Crippen LogP contribution in [0.5, 0.6) is 5.75 Å². The summed E-state index contributed by atoms with van der Waals surface area (Å²) in [6.07, 6.45) is 1.34. The highest BCUT2D eigenvalue weighted by molar-refractivity contribution is 6.30. The van der Waals surface area contributed by atoms with Crippen LogP contribution in [0.25, 0.3) is 5.69 Å². The Morgan fingerprint density at radius 1 is 1.07 bits per heavy atom. The van der Waals surface area contributed by atoms with Crippen LogP contribution in [0.2, 0.25) is 5.02 Å². The number of hydrogen-bond acceptors (Lipinski definition) is 5. The molecule has 156 valence electrons. The van der Waals surface area contributed by atoms with E-state index in [1.165, 1.54) is 5.56 Å². The summed E-state index contributed by atoms with van der Waals surface area (Å²) in [7, 11) is 0. The molecule has 1 aliphatic heterocycles. The lowest BCUT2D eigenvalue weighted by molar-refractivity contribution is 0.0818. The van der Waals surface area contributed by atoms with Gasteiger partial charge in [-0.2, -0.15) is 0 Å². The van der Waals surface area contributed by atoms with Crippen LogP contribution in [0.3, 0.4) is 0 Å². The Morgan fingerprint density at radius 3 is 2.47 bits per heavy atom. The molecule has 7 heteroatoms. The van der Waals surface area contributed by atoms with Crippen LogP contribution in [0.1, 0.15) is 35.3 Å². The van der Waals surface area contributed by atoms with Crippen LogP contribution in [-0.2, 0) is 6.42 Å². The van der Waals surface area contributed by atoms with E-state index in [9.17, 15) is 5.11 Å². The number of fused-ring (bicyclic) bond motifs is 1. The number of hydrogen-bond donors (Lipinski definition) is 1. The van der Waals surface area contributed by atoms with Crippen molar-refractivity contribution in [1.82, 2.24) is 19.7 Å². The minimum absolute atomic E-state index is 0.117. The molecule has 1 aromatic heterocycles. The summed E-state index contributed by atoms with van der Waals surface area (Å²) >= 11 is 6.31. The van der Waals surface area contributed by atoms with Gasteiger partial charge in [0.2, 0.25) is 0 Å². The highest BCUT2D eigenvalue weighted by atomic mass is 35.5. The van der Waals surface area contributed by atoms with E-state index in [0.717, 1.165) is 53.1 Å². The summed E-state index contributed by atoms with van der Waals surface area (Å²) in [5, 5.41) is 19.0. The topological polar surface area (TPSA) is 63.4 Å². The molecule has 0 amide bonds. The number of ether oxygens (including phenoxy) is 1. The molecule has 30 heavy (non-hydrogen) atoms. The average Bonchev–Trinajstić information content (AvgIpc) is 3.41. The first-order valence-corrected chi connectivity index (χ1v) is 10.7. The maximum absolute atomic E-state index is 10.0. The Labute approximate surface area is 181 Å². The van der Waals surface area contributed by atoms with Gasteiger partial charge in [-0.3, -0.25) is 9.47 Å². The fraction of sp³-hybridized carbons (Fsp3) is 0.391. The number of aromatic nitrogens is 3.